The van der Waals surface area contributed by atoms with Crippen LogP contribution in [-0.2, 0) is 0 Å². The van der Waals surface area contributed by atoms with Gasteiger partial charge in [0.2, 0.25) is 0 Å². The summed E-state index contributed by atoms with van der Waals surface area (Å²) in [6.45, 7) is 0.367. The molecule has 0 unspecified atom stereocenters. The predicted octanol–water partition coefficient (Wildman–Crippen LogP) is 2.61. The second-order valence-electron chi connectivity index (χ2n) is 5.18. The standard InChI is InChI=1S/C18H18FIN2O4/c1-25-15-9-12(14(20)10-16(15)26-2)18(24)22-8-7-21-17(23)11-5-3-4-6-13(11)19/h3-6,9-10H,7-8H2,1-2H3,(H,21,23)(H,22,24). The Morgan fingerprint density at radius 2 is 1.50 bits per heavy atom. The summed E-state index contributed by atoms with van der Waals surface area (Å²) >= 11 is 2.03. The Morgan fingerprint density at radius 1 is 0.962 bits per heavy atom. The number of methoxy groups -OCH3 is 2. The van der Waals surface area contributed by atoms with Gasteiger partial charge in [-0.2, -0.15) is 0 Å². The van der Waals surface area contributed by atoms with Gasteiger partial charge in [0, 0.05) is 16.7 Å². The van der Waals surface area contributed by atoms with Crippen LogP contribution >= 0.6 is 22.6 Å². The van der Waals surface area contributed by atoms with E-state index in [4.69, 9.17) is 9.47 Å². The molecule has 0 aliphatic rings. The molecule has 0 spiro atoms. The van der Waals surface area contributed by atoms with Crippen molar-refractivity contribution in [2.45, 2.75) is 0 Å². The SMILES string of the molecule is COc1cc(I)c(C(=O)NCCNC(=O)c2ccccc2F)cc1OC. The number of benzene rings is 2. The highest BCUT2D eigenvalue weighted by Gasteiger charge is 2.15. The Kier molecular flexibility index (Phi) is 7.19. The number of nitrogens with one attached hydrogen (secondary N) is 2. The molecule has 26 heavy (non-hydrogen) atoms. The van der Waals surface area contributed by atoms with E-state index >= 15 is 0 Å². The number of carbonyl (C=O) groups excluding carboxylic acids is 2. The third-order valence-corrected chi connectivity index (χ3v) is 4.42. The second kappa shape index (κ2) is 9.37. The van der Waals surface area contributed by atoms with Crippen LogP contribution in [0.4, 0.5) is 4.39 Å². The molecule has 2 amide bonds. The van der Waals surface area contributed by atoms with E-state index in [9.17, 15) is 14.0 Å². The van der Waals surface area contributed by atoms with E-state index in [1.165, 1.54) is 32.4 Å². The molecule has 2 rings (SSSR count). The number of hydrogen-bond acceptors (Lipinski definition) is 4. The van der Waals surface area contributed by atoms with E-state index in [2.05, 4.69) is 10.6 Å². The summed E-state index contributed by atoms with van der Waals surface area (Å²) in [7, 11) is 3.01. The van der Waals surface area contributed by atoms with E-state index < -0.39 is 11.7 Å². The Hall–Kier alpha value is -2.36. The second-order valence-corrected chi connectivity index (χ2v) is 6.34. The van der Waals surface area contributed by atoms with Gasteiger partial charge in [0.05, 0.1) is 25.3 Å². The smallest absolute Gasteiger partial charge is 0.254 e. The molecule has 0 aliphatic carbocycles. The van der Waals surface area contributed by atoms with Crippen molar-refractivity contribution < 1.29 is 23.5 Å². The summed E-state index contributed by atoms with van der Waals surface area (Å²) in [5.74, 6) is -0.445. The summed E-state index contributed by atoms with van der Waals surface area (Å²) < 4.78 is 24.6. The average molecular weight is 472 g/mol. The first-order valence-electron chi connectivity index (χ1n) is 7.70. The quantitative estimate of drug-likeness (QED) is 0.480. The first kappa shape index (κ1) is 20.0. The zero-order valence-electron chi connectivity index (χ0n) is 14.3. The maximum Gasteiger partial charge on any atom is 0.254 e. The third-order valence-electron chi connectivity index (χ3n) is 3.53. The molecule has 0 saturated carbocycles. The monoisotopic (exact) mass is 472 g/mol. The van der Waals surface area contributed by atoms with Gasteiger partial charge < -0.3 is 20.1 Å². The molecule has 0 heterocycles. The van der Waals surface area contributed by atoms with Gasteiger partial charge >= 0.3 is 0 Å². The number of amides is 2. The molecule has 2 N–H and O–H groups in total. The van der Waals surface area contributed by atoms with Crippen LogP contribution in [0.3, 0.4) is 0 Å². The number of hydrogen-bond donors (Lipinski definition) is 2. The van der Waals surface area contributed by atoms with Crippen molar-refractivity contribution in [3.63, 3.8) is 0 Å². The van der Waals surface area contributed by atoms with Gasteiger partial charge in [0.25, 0.3) is 11.8 Å². The molecule has 6 nitrogen and oxygen atoms in total. The van der Waals surface area contributed by atoms with Gasteiger partial charge in [-0.25, -0.2) is 4.39 Å². The molecule has 0 saturated heterocycles. The number of rotatable bonds is 7. The molecule has 0 aromatic heterocycles. The summed E-state index contributed by atoms with van der Waals surface area (Å²) in [6.07, 6.45) is 0. The summed E-state index contributed by atoms with van der Waals surface area (Å²) in [5.41, 5.74) is 0.400. The van der Waals surface area contributed by atoms with Gasteiger partial charge in [-0.1, -0.05) is 12.1 Å². The summed E-state index contributed by atoms with van der Waals surface area (Å²) in [4.78, 5) is 24.2. The highest BCUT2D eigenvalue weighted by Crippen LogP contribution is 2.31. The van der Waals surface area contributed by atoms with Crippen molar-refractivity contribution in [3.8, 4) is 11.5 Å². The first-order valence-corrected chi connectivity index (χ1v) is 8.78. The molecule has 0 aliphatic heterocycles. The van der Waals surface area contributed by atoms with Crippen LogP contribution in [0.25, 0.3) is 0 Å². The van der Waals surface area contributed by atoms with Gasteiger partial charge in [-0.15, -0.1) is 0 Å². The van der Waals surface area contributed by atoms with Crippen LogP contribution in [0.1, 0.15) is 20.7 Å². The lowest BCUT2D eigenvalue weighted by atomic mass is 10.2. The van der Waals surface area contributed by atoms with Crippen LogP contribution in [-0.4, -0.2) is 39.1 Å². The minimum absolute atomic E-state index is 0.0340. The Balaban J connectivity index is 1.91. The van der Waals surface area contributed by atoms with Gasteiger partial charge in [-0.05, 0) is 46.9 Å². The summed E-state index contributed by atoms with van der Waals surface area (Å²) in [5, 5.41) is 5.26. The summed E-state index contributed by atoms with van der Waals surface area (Å²) in [6, 6.07) is 9.00. The third kappa shape index (κ3) is 4.84. The molecule has 138 valence electrons. The average Bonchev–Trinajstić information content (AvgIpc) is 2.64. The van der Waals surface area contributed by atoms with Crippen LogP contribution in [0.5, 0.6) is 11.5 Å². The molecule has 2 aromatic rings. The maximum absolute atomic E-state index is 13.5. The minimum Gasteiger partial charge on any atom is -0.493 e. The van der Waals surface area contributed by atoms with E-state index in [0.717, 1.165) is 0 Å². The fourth-order valence-corrected chi connectivity index (χ4v) is 2.90. The maximum atomic E-state index is 13.5. The first-order chi connectivity index (χ1) is 12.5. The molecule has 0 fully saturated rings. The highest BCUT2D eigenvalue weighted by molar-refractivity contribution is 14.1. The van der Waals surface area contributed by atoms with Gasteiger partial charge in [-0.3, -0.25) is 9.59 Å². The van der Waals surface area contributed by atoms with Crippen molar-refractivity contribution in [1.82, 2.24) is 10.6 Å². The molecular weight excluding hydrogens is 454 g/mol. The van der Waals surface area contributed by atoms with Crippen molar-refractivity contribution in [1.29, 1.82) is 0 Å². The van der Waals surface area contributed by atoms with E-state index in [0.29, 0.717) is 20.6 Å². The van der Waals surface area contributed by atoms with E-state index in [1.54, 1.807) is 18.2 Å². The Morgan fingerprint density at radius 3 is 2.08 bits per heavy atom. The topological polar surface area (TPSA) is 76.7 Å². The van der Waals surface area contributed by atoms with E-state index in [-0.39, 0.29) is 24.6 Å². The lowest BCUT2D eigenvalue weighted by Gasteiger charge is -2.12. The molecule has 0 atom stereocenters. The largest absolute Gasteiger partial charge is 0.493 e. The fraction of sp³-hybridized carbons (Fsp3) is 0.222. The zero-order valence-corrected chi connectivity index (χ0v) is 16.4. The normalized spacial score (nSPS) is 10.2. The Bertz CT molecular complexity index is 814. The lowest BCUT2D eigenvalue weighted by Crippen LogP contribution is -2.35. The minimum atomic E-state index is -0.589. The van der Waals surface area contributed by atoms with Crippen LogP contribution < -0.4 is 20.1 Å². The zero-order chi connectivity index (χ0) is 19.1. The molecule has 8 heteroatoms. The van der Waals surface area contributed by atoms with Crippen molar-refractivity contribution in [3.05, 3.63) is 56.9 Å². The van der Waals surface area contributed by atoms with Crippen molar-refractivity contribution in [2.75, 3.05) is 27.3 Å². The number of carbonyl (C=O) groups is 2. The number of ether oxygens (including phenoxy) is 2. The lowest BCUT2D eigenvalue weighted by molar-refractivity contribution is 0.0925. The predicted molar refractivity (Wildman–Crippen MR) is 103 cm³/mol. The van der Waals surface area contributed by atoms with Crippen LogP contribution in [0.15, 0.2) is 36.4 Å². The van der Waals surface area contributed by atoms with Gasteiger partial charge in [0.15, 0.2) is 11.5 Å². The van der Waals surface area contributed by atoms with Gasteiger partial charge in [0.1, 0.15) is 5.82 Å². The van der Waals surface area contributed by atoms with Crippen molar-refractivity contribution >= 4 is 34.4 Å². The fourth-order valence-electron chi connectivity index (χ4n) is 2.22. The Labute approximate surface area is 164 Å². The molecule has 0 radical (unpaired) electrons. The van der Waals surface area contributed by atoms with Crippen LogP contribution in [0.2, 0.25) is 0 Å². The van der Waals surface area contributed by atoms with E-state index in [1.807, 2.05) is 22.6 Å². The molecule has 2 aromatic carbocycles. The molecular formula is C18H18FIN2O4. The molecule has 0 bridgehead atoms. The highest BCUT2D eigenvalue weighted by atomic mass is 127. The van der Waals surface area contributed by atoms with Crippen LogP contribution in [0, 0.1) is 9.39 Å². The number of halogens is 2. The van der Waals surface area contributed by atoms with Crippen molar-refractivity contribution in [2.24, 2.45) is 0 Å².